The van der Waals surface area contributed by atoms with Crippen LogP contribution in [0.5, 0.6) is 5.75 Å². The predicted molar refractivity (Wildman–Crippen MR) is 135 cm³/mol. The molecule has 0 heterocycles. The molecule has 0 saturated carbocycles. The van der Waals surface area contributed by atoms with Crippen molar-refractivity contribution in [2.75, 3.05) is 6.61 Å². The highest BCUT2D eigenvalue weighted by molar-refractivity contribution is 6.35. The minimum Gasteiger partial charge on any atom is -0.483 e. The summed E-state index contributed by atoms with van der Waals surface area (Å²) >= 11 is 12.4. The molecule has 33 heavy (non-hydrogen) atoms. The van der Waals surface area contributed by atoms with E-state index in [1.165, 1.54) is 0 Å². The average molecular weight is 493 g/mol. The van der Waals surface area contributed by atoms with E-state index in [1.54, 1.807) is 23.1 Å². The van der Waals surface area contributed by atoms with Crippen LogP contribution in [0.4, 0.5) is 0 Å². The summed E-state index contributed by atoms with van der Waals surface area (Å²) in [4.78, 5) is 28.0. The summed E-state index contributed by atoms with van der Waals surface area (Å²) < 4.78 is 5.93. The Balaban J connectivity index is 2.30. The smallest absolute Gasteiger partial charge is 0.261 e. The van der Waals surface area contributed by atoms with Crippen LogP contribution >= 0.6 is 23.2 Å². The van der Waals surface area contributed by atoms with Crippen LogP contribution in [0.1, 0.15) is 64.5 Å². The first-order valence-corrected chi connectivity index (χ1v) is 12.2. The summed E-state index contributed by atoms with van der Waals surface area (Å²) in [5.74, 6) is 0.450. The lowest BCUT2D eigenvalue weighted by molar-refractivity contribution is -0.143. The lowest BCUT2D eigenvalue weighted by atomic mass is 10.0. The van der Waals surface area contributed by atoms with Gasteiger partial charge in [-0.1, -0.05) is 75.2 Å². The fraction of sp³-hybridized carbons (Fsp3) is 0.462. The van der Waals surface area contributed by atoms with Gasteiger partial charge < -0.3 is 15.0 Å². The lowest BCUT2D eigenvalue weighted by Crippen LogP contribution is -2.51. The largest absolute Gasteiger partial charge is 0.483 e. The third-order valence-electron chi connectivity index (χ3n) is 5.63. The molecule has 1 N–H and O–H groups in total. The summed E-state index contributed by atoms with van der Waals surface area (Å²) in [5, 5.41) is 3.95. The molecule has 0 aromatic heterocycles. The fourth-order valence-corrected chi connectivity index (χ4v) is 3.97. The number of ether oxygens (including phenoxy) is 1. The molecule has 0 saturated heterocycles. The number of benzene rings is 2. The van der Waals surface area contributed by atoms with Gasteiger partial charge in [0.2, 0.25) is 5.91 Å². The summed E-state index contributed by atoms with van der Waals surface area (Å²) in [6.45, 7) is 9.98. The van der Waals surface area contributed by atoms with Crippen molar-refractivity contribution < 1.29 is 14.3 Å². The van der Waals surface area contributed by atoms with E-state index < -0.39 is 6.04 Å². The predicted octanol–water partition coefficient (Wildman–Crippen LogP) is 6.22. The maximum absolute atomic E-state index is 13.4. The van der Waals surface area contributed by atoms with Crippen molar-refractivity contribution in [1.82, 2.24) is 10.2 Å². The van der Waals surface area contributed by atoms with Crippen molar-refractivity contribution in [3.63, 3.8) is 0 Å². The summed E-state index contributed by atoms with van der Waals surface area (Å²) in [5.41, 5.74) is 1.74. The molecule has 0 fully saturated rings. The zero-order valence-corrected chi connectivity index (χ0v) is 21.5. The van der Waals surface area contributed by atoms with E-state index in [9.17, 15) is 9.59 Å². The van der Waals surface area contributed by atoms with Crippen molar-refractivity contribution in [2.45, 2.75) is 72.0 Å². The van der Waals surface area contributed by atoms with Gasteiger partial charge in [0.15, 0.2) is 6.61 Å². The number of carbonyl (C=O) groups is 2. The summed E-state index contributed by atoms with van der Waals surface area (Å²) in [6.07, 6.45) is 1.26. The molecule has 2 aromatic carbocycles. The number of carbonyl (C=O) groups excluding carboxylic acids is 2. The number of hydrogen-bond acceptors (Lipinski definition) is 3. The zero-order valence-electron chi connectivity index (χ0n) is 20.0. The number of rotatable bonds is 11. The Morgan fingerprint density at radius 3 is 2.33 bits per heavy atom. The van der Waals surface area contributed by atoms with Crippen LogP contribution < -0.4 is 10.1 Å². The van der Waals surface area contributed by atoms with Gasteiger partial charge in [-0.3, -0.25) is 9.59 Å². The van der Waals surface area contributed by atoms with Crippen LogP contribution in [0.3, 0.4) is 0 Å². The van der Waals surface area contributed by atoms with Crippen LogP contribution in [-0.2, 0) is 16.1 Å². The second kappa shape index (κ2) is 12.9. The quantitative estimate of drug-likeness (QED) is 0.405. The van der Waals surface area contributed by atoms with Gasteiger partial charge in [0.25, 0.3) is 5.91 Å². The molecule has 0 aliphatic rings. The zero-order chi connectivity index (χ0) is 24.5. The highest BCUT2D eigenvalue weighted by Gasteiger charge is 2.30. The minimum absolute atomic E-state index is 0.0109. The molecule has 180 valence electrons. The topological polar surface area (TPSA) is 58.6 Å². The number of hydrogen-bond donors (Lipinski definition) is 1. The van der Waals surface area contributed by atoms with Gasteiger partial charge in [0.1, 0.15) is 11.8 Å². The molecule has 7 heteroatoms. The van der Waals surface area contributed by atoms with Crippen molar-refractivity contribution in [3.05, 3.63) is 63.6 Å². The van der Waals surface area contributed by atoms with Crippen molar-refractivity contribution in [2.24, 2.45) is 0 Å². The SMILES string of the molecule is CC[C@H](C)NC(=O)[C@H](CC)N(Cc1ccc(Cl)cc1Cl)C(=O)COc1ccccc1C(C)C. The van der Waals surface area contributed by atoms with Gasteiger partial charge >= 0.3 is 0 Å². The molecular weight excluding hydrogens is 459 g/mol. The molecular formula is C26H34Cl2N2O3. The standard InChI is InChI=1S/C26H34Cl2N2O3/c1-6-18(5)29-26(32)23(7-2)30(15-19-12-13-20(27)14-22(19)28)25(31)16-33-24-11-9-8-10-21(24)17(3)4/h8-14,17-18,23H,6-7,15-16H2,1-5H3,(H,29,32)/t18-,23-/m0/s1. The van der Waals surface area contributed by atoms with Gasteiger partial charge in [0.05, 0.1) is 0 Å². The highest BCUT2D eigenvalue weighted by Crippen LogP contribution is 2.27. The second-order valence-corrected chi connectivity index (χ2v) is 9.32. The number of para-hydroxylation sites is 1. The lowest BCUT2D eigenvalue weighted by Gasteiger charge is -2.31. The van der Waals surface area contributed by atoms with Crippen LogP contribution in [0.2, 0.25) is 10.0 Å². The first-order chi connectivity index (χ1) is 15.7. The van der Waals surface area contributed by atoms with E-state index in [0.717, 1.165) is 12.0 Å². The average Bonchev–Trinajstić information content (AvgIpc) is 2.78. The third-order valence-corrected chi connectivity index (χ3v) is 6.22. The molecule has 2 aromatic rings. The van der Waals surface area contributed by atoms with Gasteiger partial charge in [0, 0.05) is 22.6 Å². The third kappa shape index (κ3) is 7.65. The number of nitrogens with zero attached hydrogens (tertiary/aromatic N) is 1. The highest BCUT2D eigenvalue weighted by atomic mass is 35.5. The molecule has 0 aliphatic heterocycles. The van der Waals surface area contributed by atoms with Crippen LogP contribution in [0.15, 0.2) is 42.5 Å². The van der Waals surface area contributed by atoms with Crippen molar-refractivity contribution in [3.8, 4) is 5.75 Å². The second-order valence-electron chi connectivity index (χ2n) is 8.48. The van der Waals surface area contributed by atoms with E-state index in [-0.39, 0.29) is 36.9 Å². The van der Waals surface area contributed by atoms with E-state index in [2.05, 4.69) is 19.2 Å². The summed E-state index contributed by atoms with van der Waals surface area (Å²) in [7, 11) is 0. The van der Waals surface area contributed by atoms with E-state index in [4.69, 9.17) is 27.9 Å². The fourth-order valence-electron chi connectivity index (χ4n) is 3.51. The van der Waals surface area contributed by atoms with Crippen LogP contribution in [0, 0.1) is 0 Å². The maximum atomic E-state index is 13.4. The molecule has 2 amide bonds. The Kier molecular flexibility index (Phi) is 10.5. The van der Waals surface area contributed by atoms with E-state index in [0.29, 0.717) is 27.8 Å². The van der Waals surface area contributed by atoms with Gasteiger partial charge in [-0.25, -0.2) is 0 Å². The molecule has 0 aliphatic carbocycles. The van der Waals surface area contributed by atoms with Gasteiger partial charge in [-0.05, 0) is 55.0 Å². The minimum atomic E-state index is -0.651. The number of nitrogens with one attached hydrogen (secondary N) is 1. The summed E-state index contributed by atoms with van der Waals surface area (Å²) in [6, 6.07) is 12.2. The number of amides is 2. The van der Waals surface area contributed by atoms with E-state index >= 15 is 0 Å². The first-order valence-electron chi connectivity index (χ1n) is 11.4. The molecule has 0 spiro atoms. The first kappa shape index (κ1) is 27.0. The molecule has 2 atom stereocenters. The molecule has 0 unspecified atom stereocenters. The Hall–Kier alpha value is -2.24. The normalized spacial score (nSPS) is 12.8. The molecule has 0 bridgehead atoms. The molecule has 2 rings (SSSR count). The monoisotopic (exact) mass is 492 g/mol. The van der Waals surface area contributed by atoms with Crippen LogP contribution in [0.25, 0.3) is 0 Å². The molecule has 5 nitrogen and oxygen atoms in total. The Morgan fingerprint density at radius 2 is 1.73 bits per heavy atom. The number of halogens is 2. The Bertz CT molecular complexity index is 949. The van der Waals surface area contributed by atoms with Gasteiger partial charge in [-0.2, -0.15) is 0 Å². The van der Waals surface area contributed by atoms with Crippen molar-refractivity contribution in [1.29, 1.82) is 0 Å². The Morgan fingerprint density at radius 1 is 1.03 bits per heavy atom. The van der Waals surface area contributed by atoms with E-state index in [1.807, 2.05) is 45.0 Å². The van der Waals surface area contributed by atoms with Crippen LogP contribution in [-0.4, -0.2) is 35.4 Å². The Labute approximate surface area is 207 Å². The van der Waals surface area contributed by atoms with Gasteiger partial charge in [-0.15, -0.1) is 0 Å². The molecule has 0 radical (unpaired) electrons. The van der Waals surface area contributed by atoms with Crippen molar-refractivity contribution >= 4 is 35.0 Å². The maximum Gasteiger partial charge on any atom is 0.261 e.